The maximum atomic E-state index is 13.1. The first-order chi connectivity index (χ1) is 12.6. The Morgan fingerprint density at radius 1 is 1.15 bits per heavy atom. The Labute approximate surface area is 153 Å². The minimum atomic E-state index is -0.528. The highest BCUT2D eigenvalue weighted by Gasteiger charge is 2.34. The summed E-state index contributed by atoms with van der Waals surface area (Å²) in [5, 5.41) is 11.8. The van der Waals surface area contributed by atoms with Crippen molar-refractivity contribution in [3.63, 3.8) is 0 Å². The van der Waals surface area contributed by atoms with Crippen LogP contribution in [-0.4, -0.2) is 29.3 Å². The van der Waals surface area contributed by atoms with Gasteiger partial charge in [0.25, 0.3) is 5.91 Å². The van der Waals surface area contributed by atoms with Crippen LogP contribution in [-0.2, 0) is 17.8 Å². The van der Waals surface area contributed by atoms with E-state index in [1.54, 1.807) is 29.2 Å². The SMILES string of the molecule is CCCNC(=O)C1Cc2ccccc2CN1C(=O)c1ccc(C#N)cc1. The summed E-state index contributed by atoms with van der Waals surface area (Å²) in [5.41, 5.74) is 3.15. The van der Waals surface area contributed by atoms with Crippen molar-refractivity contribution in [2.45, 2.75) is 32.4 Å². The highest BCUT2D eigenvalue weighted by Crippen LogP contribution is 2.25. The summed E-state index contributed by atoms with van der Waals surface area (Å²) in [6.45, 7) is 2.99. The van der Waals surface area contributed by atoms with Gasteiger partial charge in [-0.25, -0.2) is 0 Å². The van der Waals surface area contributed by atoms with E-state index in [0.29, 0.717) is 30.6 Å². The molecule has 26 heavy (non-hydrogen) atoms. The Bertz CT molecular complexity index is 852. The molecular formula is C21H21N3O2. The van der Waals surface area contributed by atoms with E-state index in [1.807, 2.05) is 37.3 Å². The van der Waals surface area contributed by atoms with Crippen LogP contribution in [0.1, 0.15) is 40.4 Å². The molecular weight excluding hydrogens is 326 g/mol. The number of hydrogen-bond acceptors (Lipinski definition) is 3. The number of carbonyl (C=O) groups excluding carboxylic acids is 2. The molecule has 1 aliphatic rings. The molecule has 2 aromatic rings. The molecule has 5 heteroatoms. The summed E-state index contributed by atoms with van der Waals surface area (Å²) in [7, 11) is 0. The molecule has 0 saturated carbocycles. The van der Waals surface area contributed by atoms with Gasteiger partial charge in [0.1, 0.15) is 6.04 Å². The first kappa shape index (κ1) is 17.7. The summed E-state index contributed by atoms with van der Waals surface area (Å²) in [6.07, 6.45) is 1.35. The molecule has 0 spiro atoms. The van der Waals surface area contributed by atoms with Gasteiger partial charge in [-0.1, -0.05) is 31.2 Å². The van der Waals surface area contributed by atoms with E-state index in [-0.39, 0.29) is 11.8 Å². The number of fused-ring (bicyclic) bond motifs is 1. The minimum Gasteiger partial charge on any atom is -0.354 e. The van der Waals surface area contributed by atoms with Gasteiger partial charge in [-0.3, -0.25) is 9.59 Å². The topological polar surface area (TPSA) is 73.2 Å². The maximum Gasteiger partial charge on any atom is 0.254 e. The molecule has 5 nitrogen and oxygen atoms in total. The van der Waals surface area contributed by atoms with Gasteiger partial charge in [-0.05, 0) is 41.8 Å². The smallest absolute Gasteiger partial charge is 0.254 e. The Hall–Kier alpha value is -3.13. The number of hydrogen-bond donors (Lipinski definition) is 1. The van der Waals surface area contributed by atoms with Crippen LogP contribution in [0.25, 0.3) is 0 Å². The second-order valence-electron chi connectivity index (χ2n) is 6.40. The van der Waals surface area contributed by atoms with Gasteiger partial charge < -0.3 is 10.2 Å². The second kappa shape index (κ2) is 7.83. The van der Waals surface area contributed by atoms with Crippen LogP contribution >= 0.6 is 0 Å². The second-order valence-corrected chi connectivity index (χ2v) is 6.40. The standard InChI is InChI=1S/C21H21N3O2/c1-2-11-23-20(25)19-12-17-5-3-4-6-18(17)14-24(19)21(26)16-9-7-15(13-22)8-10-16/h3-10,19H,2,11-12,14H2,1H3,(H,23,25). The van der Waals surface area contributed by atoms with Crippen molar-refractivity contribution in [2.75, 3.05) is 6.54 Å². The normalized spacial score (nSPS) is 15.7. The lowest BCUT2D eigenvalue weighted by atomic mass is 9.92. The maximum absolute atomic E-state index is 13.1. The molecule has 1 aliphatic heterocycles. The van der Waals surface area contributed by atoms with Gasteiger partial charge in [0, 0.05) is 25.1 Å². The quantitative estimate of drug-likeness (QED) is 0.924. The van der Waals surface area contributed by atoms with E-state index in [0.717, 1.165) is 17.5 Å². The molecule has 2 aromatic carbocycles. The summed E-state index contributed by atoms with van der Waals surface area (Å²) in [5.74, 6) is -0.316. The molecule has 0 aromatic heterocycles. The van der Waals surface area contributed by atoms with Gasteiger partial charge in [0.15, 0.2) is 0 Å². The van der Waals surface area contributed by atoms with Gasteiger partial charge in [-0.2, -0.15) is 5.26 Å². The Morgan fingerprint density at radius 3 is 2.50 bits per heavy atom. The monoisotopic (exact) mass is 347 g/mol. The number of benzene rings is 2. The predicted molar refractivity (Wildman–Crippen MR) is 98.3 cm³/mol. The third kappa shape index (κ3) is 3.60. The first-order valence-electron chi connectivity index (χ1n) is 8.79. The number of nitrogens with zero attached hydrogens (tertiary/aromatic N) is 2. The predicted octanol–water partition coefficient (Wildman–Crippen LogP) is 2.65. The van der Waals surface area contributed by atoms with E-state index in [1.165, 1.54) is 0 Å². The van der Waals surface area contributed by atoms with E-state index < -0.39 is 6.04 Å². The Balaban J connectivity index is 1.90. The lowest BCUT2D eigenvalue weighted by Crippen LogP contribution is -2.52. The van der Waals surface area contributed by atoms with Crippen LogP contribution in [0.15, 0.2) is 48.5 Å². The number of nitriles is 1. The van der Waals surface area contributed by atoms with Crippen LogP contribution in [0.4, 0.5) is 0 Å². The zero-order chi connectivity index (χ0) is 18.5. The molecule has 0 radical (unpaired) electrons. The molecule has 0 fully saturated rings. The zero-order valence-electron chi connectivity index (χ0n) is 14.7. The van der Waals surface area contributed by atoms with Crippen molar-refractivity contribution in [2.24, 2.45) is 0 Å². The minimum absolute atomic E-state index is 0.122. The molecule has 3 rings (SSSR count). The number of nitrogens with one attached hydrogen (secondary N) is 1. The molecule has 0 bridgehead atoms. The lowest BCUT2D eigenvalue weighted by molar-refractivity contribution is -0.126. The lowest BCUT2D eigenvalue weighted by Gasteiger charge is -2.36. The van der Waals surface area contributed by atoms with Crippen LogP contribution in [0.5, 0.6) is 0 Å². The third-order valence-corrected chi connectivity index (χ3v) is 4.62. The molecule has 1 heterocycles. The molecule has 0 saturated heterocycles. The third-order valence-electron chi connectivity index (χ3n) is 4.62. The summed E-state index contributed by atoms with van der Waals surface area (Å²) in [4.78, 5) is 27.4. The molecule has 132 valence electrons. The Kier molecular flexibility index (Phi) is 5.33. The number of carbonyl (C=O) groups is 2. The fourth-order valence-corrected chi connectivity index (χ4v) is 3.19. The van der Waals surface area contributed by atoms with E-state index >= 15 is 0 Å². The van der Waals surface area contributed by atoms with Crippen molar-refractivity contribution in [1.82, 2.24) is 10.2 Å². The first-order valence-corrected chi connectivity index (χ1v) is 8.79. The number of rotatable bonds is 4. The van der Waals surface area contributed by atoms with E-state index in [9.17, 15) is 9.59 Å². The van der Waals surface area contributed by atoms with Crippen molar-refractivity contribution < 1.29 is 9.59 Å². The van der Waals surface area contributed by atoms with Gasteiger partial charge in [0.05, 0.1) is 11.6 Å². The molecule has 2 amide bonds. The highest BCUT2D eigenvalue weighted by molar-refractivity contribution is 5.98. The van der Waals surface area contributed by atoms with Crippen molar-refractivity contribution in [1.29, 1.82) is 5.26 Å². The zero-order valence-corrected chi connectivity index (χ0v) is 14.7. The largest absolute Gasteiger partial charge is 0.354 e. The van der Waals surface area contributed by atoms with Gasteiger partial charge >= 0.3 is 0 Å². The average Bonchev–Trinajstić information content (AvgIpc) is 2.70. The van der Waals surface area contributed by atoms with Crippen LogP contribution in [0.3, 0.4) is 0 Å². The van der Waals surface area contributed by atoms with Crippen molar-refractivity contribution >= 4 is 11.8 Å². The average molecular weight is 347 g/mol. The fourth-order valence-electron chi connectivity index (χ4n) is 3.19. The van der Waals surface area contributed by atoms with Crippen LogP contribution in [0, 0.1) is 11.3 Å². The van der Waals surface area contributed by atoms with E-state index in [4.69, 9.17) is 5.26 Å². The Morgan fingerprint density at radius 2 is 1.85 bits per heavy atom. The molecule has 0 aliphatic carbocycles. The molecule has 1 N–H and O–H groups in total. The molecule has 1 atom stereocenters. The fraction of sp³-hybridized carbons (Fsp3) is 0.286. The van der Waals surface area contributed by atoms with Crippen molar-refractivity contribution in [3.8, 4) is 6.07 Å². The van der Waals surface area contributed by atoms with Gasteiger partial charge in [0.2, 0.25) is 5.91 Å². The summed E-state index contributed by atoms with van der Waals surface area (Å²) >= 11 is 0. The molecule has 1 unspecified atom stereocenters. The van der Waals surface area contributed by atoms with E-state index in [2.05, 4.69) is 5.32 Å². The number of amides is 2. The van der Waals surface area contributed by atoms with Crippen LogP contribution < -0.4 is 5.32 Å². The summed E-state index contributed by atoms with van der Waals surface area (Å²) < 4.78 is 0. The van der Waals surface area contributed by atoms with Gasteiger partial charge in [-0.15, -0.1) is 0 Å². The van der Waals surface area contributed by atoms with Crippen molar-refractivity contribution in [3.05, 3.63) is 70.8 Å². The summed E-state index contributed by atoms with van der Waals surface area (Å²) in [6, 6.07) is 16.0. The highest BCUT2D eigenvalue weighted by atomic mass is 16.2. The van der Waals surface area contributed by atoms with Crippen LogP contribution in [0.2, 0.25) is 0 Å².